The molecule has 1 aliphatic heterocycles. The molecule has 0 saturated carbocycles. The van der Waals surface area contributed by atoms with Crippen molar-refractivity contribution in [3.05, 3.63) is 29.6 Å². The maximum atomic E-state index is 13.4. The van der Waals surface area contributed by atoms with Gasteiger partial charge in [-0.05, 0) is 18.2 Å². The molecule has 4 nitrogen and oxygen atoms in total. The number of ether oxygens (including phenoxy) is 1. The topological polar surface area (TPSA) is 46.6 Å². The molecule has 2 rings (SSSR count). The van der Waals surface area contributed by atoms with Crippen molar-refractivity contribution >= 4 is 10.0 Å². The maximum Gasteiger partial charge on any atom is 0.419 e. The summed E-state index contributed by atoms with van der Waals surface area (Å²) >= 11 is 0. The number of hydrogen-bond acceptors (Lipinski definition) is 3. The minimum absolute atomic E-state index is 0.0883. The summed E-state index contributed by atoms with van der Waals surface area (Å²) in [5.41, 5.74) is -1.49. The van der Waals surface area contributed by atoms with Crippen molar-refractivity contribution in [2.75, 3.05) is 26.3 Å². The Labute approximate surface area is 113 Å². The van der Waals surface area contributed by atoms with Crippen molar-refractivity contribution in [3.63, 3.8) is 0 Å². The van der Waals surface area contributed by atoms with Crippen LogP contribution in [0.2, 0.25) is 0 Å². The van der Waals surface area contributed by atoms with E-state index < -0.39 is 32.5 Å². The van der Waals surface area contributed by atoms with Gasteiger partial charge in [-0.2, -0.15) is 17.5 Å². The van der Waals surface area contributed by atoms with E-state index in [0.29, 0.717) is 12.1 Å². The van der Waals surface area contributed by atoms with Gasteiger partial charge in [-0.25, -0.2) is 12.8 Å². The van der Waals surface area contributed by atoms with Crippen molar-refractivity contribution in [3.8, 4) is 0 Å². The molecule has 0 amide bonds. The number of halogens is 4. The fourth-order valence-electron chi connectivity index (χ4n) is 1.82. The first-order valence-corrected chi connectivity index (χ1v) is 7.11. The number of morpholine rings is 1. The van der Waals surface area contributed by atoms with E-state index in [1.165, 1.54) is 0 Å². The van der Waals surface area contributed by atoms with E-state index in [4.69, 9.17) is 4.74 Å². The van der Waals surface area contributed by atoms with Crippen LogP contribution in [0.25, 0.3) is 0 Å². The second-order valence-electron chi connectivity index (χ2n) is 4.16. The van der Waals surface area contributed by atoms with Crippen molar-refractivity contribution < 1.29 is 30.7 Å². The normalized spacial score (nSPS) is 18.2. The lowest BCUT2D eigenvalue weighted by Crippen LogP contribution is -2.40. The van der Waals surface area contributed by atoms with Crippen LogP contribution in [0.4, 0.5) is 17.6 Å². The minimum Gasteiger partial charge on any atom is -0.379 e. The zero-order valence-electron chi connectivity index (χ0n) is 10.2. The van der Waals surface area contributed by atoms with Crippen LogP contribution in [0, 0.1) is 5.82 Å². The first-order chi connectivity index (χ1) is 9.23. The summed E-state index contributed by atoms with van der Waals surface area (Å²) in [7, 11) is -4.00. The molecule has 0 spiro atoms. The van der Waals surface area contributed by atoms with E-state index in [1.807, 2.05) is 0 Å². The number of sulfonamides is 1. The number of nitrogens with zero attached hydrogens (tertiary/aromatic N) is 1. The highest BCUT2D eigenvalue weighted by molar-refractivity contribution is 7.89. The van der Waals surface area contributed by atoms with E-state index >= 15 is 0 Å². The first kappa shape index (κ1) is 15.2. The highest BCUT2D eigenvalue weighted by Gasteiger charge is 2.35. The second-order valence-corrected chi connectivity index (χ2v) is 6.09. The molecule has 0 N–H and O–H groups in total. The average molecular weight is 313 g/mol. The smallest absolute Gasteiger partial charge is 0.379 e. The number of rotatable bonds is 2. The fraction of sp³-hybridized carbons (Fsp3) is 0.455. The SMILES string of the molecule is O=S(=O)(c1ccc(C(F)(F)F)c(F)c1)N1CCOCC1. The molecule has 0 radical (unpaired) electrons. The summed E-state index contributed by atoms with van der Waals surface area (Å²) in [5, 5.41) is 0. The highest BCUT2D eigenvalue weighted by atomic mass is 32.2. The summed E-state index contributed by atoms with van der Waals surface area (Å²) in [6, 6.07) is 1.59. The molecule has 1 aromatic carbocycles. The van der Waals surface area contributed by atoms with Crippen molar-refractivity contribution in [2.45, 2.75) is 11.1 Å². The Morgan fingerprint density at radius 2 is 1.75 bits per heavy atom. The Kier molecular flexibility index (Phi) is 4.03. The fourth-order valence-corrected chi connectivity index (χ4v) is 3.24. The molecule has 0 aliphatic carbocycles. The van der Waals surface area contributed by atoms with Crippen LogP contribution in [-0.2, 0) is 20.9 Å². The summed E-state index contributed by atoms with van der Waals surface area (Å²) in [6.07, 6.45) is -4.86. The molecule has 1 saturated heterocycles. The van der Waals surface area contributed by atoms with Gasteiger partial charge < -0.3 is 4.74 Å². The Balaban J connectivity index is 2.36. The van der Waals surface area contributed by atoms with E-state index in [-0.39, 0.29) is 26.3 Å². The average Bonchev–Trinajstić information content (AvgIpc) is 2.38. The van der Waals surface area contributed by atoms with Crippen LogP contribution in [0.1, 0.15) is 5.56 Å². The van der Waals surface area contributed by atoms with Crippen molar-refractivity contribution in [1.82, 2.24) is 4.31 Å². The van der Waals surface area contributed by atoms with Gasteiger partial charge in [-0.3, -0.25) is 0 Å². The lowest BCUT2D eigenvalue weighted by Gasteiger charge is -2.26. The van der Waals surface area contributed by atoms with Gasteiger partial charge in [0.05, 0.1) is 23.7 Å². The zero-order chi connectivity index (χ0) is 15.0. The van der Waals surface area contributed by atoms with Crippen LogP contribution in [-0.4, -0.2) is 39.0 Å². The lowest BCUT2D eigenvalue weighted by molar-refractivity contribution is -0.140. The monoisotopic (exact) mass is 313 g/mol. The van der Waals surface area contributed by atoms with Crippen LogP contribution in [0.5, 0.6) is 0 Å². The van der Waals surface area contributed by atoms with E-state index in [1.54, 1.807) is 0 Å². The van der Waals surface area contributed by atoms with Crippen molar-refractivity contribution in [2.24, 2.45) is 0 Å². The molecule has 0 unspecified atom stereocenters. The molecule has 0 bridgehead atoms. The molecular formula is C11H11F4NO3S. The van der Waals surface area contributed by atoms with Gasteiger partial charge in [0.25, 0.3) is 0 Å². The predicted molar refractivity (Wildman–Crippen MR) is 61.0 cm³/mol. The molecule has 0 aromatic heterocycles. The van der Waals surface area contributed by atoms with Crippen LogP contribution in [0.3, 0.4) is 0 Å². The third kappa shape index (κ3) is 2.94. The van der Waals surface area contributed by atoms with Crippen molar-refractivity contribution in [1.29, 1.82) is 0 Å². The van der Waals surface area contributed by atoms with Gasteiger partial charge in [-0.1, -0.05) is 0 Å². The molecular weight excluding hydrogens is 302 g/mol. The standard InChI is InChI=1S/C11H11F4NO3S/c12-10-7-8(1-2-9(10)11(13,14)15)20(17,18)16-3-5-19-6-4-16/h1-2,7H,3-6H2. The van der Waals surface area contributed by atoms with E-state index in [2.05, 4.69) is 0 Å². The van der Waals surface area contributed by atoms with E-state index in [9.17, 15) is 26.0 Å². The number of alkyl halides is 3. The molecule has 1 heterocycles. The first-order valence-electron chi connectivity index (χ1n) is 5.67. The molecule has 112 valence electrons. The van der Waals surface area contributed by atoms with Gasteiger partial charge in [0.2, 0.25) is 10.0 Å². The maximum absolute atomic E-state index is 13.4. The molecule has 20 heavy (non-hydrogen) atoms. The largest absolute Gasteiger partial charge is 0.419 e. The summed E-state index contributed by atoms with van der Waals surface area (Å²) in [5.74, 6) is -1.60. The van der Waals surface area contributed by atoms with Gasteiger partial charge in [0.1, 0.15) is 5.82 Å². The Morgan fingerprint density at radius 3 is 2.25 bits per heavy atom. The molecule has 0 atom stereocenters. The third-order valence-corrected chi connectivity index (χ3v) is 4.75. The lowest BCUT2D eigenvalue weighted by atomic mass is 10.2. The Hall–Kier alpha value is -1.19. The summed E-state index contributed by atoms with van der Waals surface area (Å²) < 4.78 is 81.0. The summed E-state index contributed by atoms with van der Waals surface area (Å²) in [6.45, 7) is 0.570. The Morgan fingerprint density at radius 1 is 1.15 bits per heavy atom. The second kappa shape index (κ2) is 5.30. The zero-order valence-corrected chi connectivity index (χ0v) is 11.0. The van der Waals surface area contributed by atoms with Crippen LogP contribution in [0.15, 0.2) is 23.1 Å². The Bertz CT molecular complexity index is 594. The third-order valence-electron chi connectivity index (χ3n) is 2.85. The summed E-state index contributed by atoms with van der Waals surface area (Å²) in [4.78, 5) is -0.495. The number of hydrogen-bond donors (Lipinski definition) is 0. The van der Waals surface area contributed by atoms with Gasteiger partial charge >= 0.3 is 6.18 Å². The van der Waals surface area contributed by atoms with Gasteiger partial charge in [-0.15, -0.1) is 0 Å². The van der Waals surface area contributed by atoms with Crippen LogP contribution >= 0.6 is 0 Å². The molecule has 1 aliphatic rings. The quantitative estimate of drug-likeness (QED) is 0.783. The predicted octanol–water partition coefficient (Wildman–Crippen LogP) is 1.87. The van der Waals surface area contributed by atoms with E-state index in [0.717, 1.165) is 10.4 Å². The van der Waals surface area contributed by atoms with Gasteiger partial charge in [0, 0.05) is 13.1 Å². The molecule has 9 heteroatoms. The number of benzene rings is 1. The van der Waals surface area contributed by atoms with Gasteiger partial charge in [0.15, 0.2) is 0 Å². The minimum atomic E-state index is -4.86. The molecule has 1 aromatic rings. The highest BCUT2D eigenvalue weighted by Crippen LogP contribution is 2.32. The molecule has 1 fully saturated rings. The van der Waals surface area contributed by atoms with Crippen LogP contribution < -0.4 is 0 Å².